The minimum atomic E-state index is -0.0847. The van der Waals surface area contributed by atoms with Crippen LogP contribution < -0.4 is 5.32 Å². The van der Waals surface area contributed by atoms with Gasteiger partial charge in [-0.15, -0.1) is 0 Å². The predicted octanol–water partition coefficient (Wildman–Crippen LogP) is 2.47. The van der Waals surface area contributed by atoms with Crippen LogP contribution in [0, 0.1) is 5.41 Å². The molecule has 0 spiro atoms. The van der Waals surface area contributed by atoms with Gasteiger partial charge in [-0.2, -0.15) is 0 Å². The molecule has 0 saturated carbocycles. The minimum Gasteiger partial charge on any atom is -0.378 e. The van der Waals surface area contributed by atoms with E-state index in [-0.39, 0.29) is 5.60 Å². The van der Waals surface area contributed by atoms with Crippen LogP contribution in [0.4, 0.5) is 0 Å². The van der Waals surface area contributed by atoms with E-state index in [9.17, 15) is 0 Å². The normalized spacial score (nSPS) is 12.9. The van der Waals surface area contributed by atoms with E-state index in [0.29, 0.717) is 31.8 Å². The maximum atomic E-state index is 5.55. The lowest BCUT2D eigenvalue weighted by Gasteiger charge is -2.19. The Morgan fingerprint density at radius 2 is 1.26 bits per heavy atom. The molecule has 0 atom stereocenters. The second kappa shape index (κ2) is 9.70. The lowest BCUT2D eigenvalue weighted by atomic mass is 9.97. The molecule has 0 aliphatic carbocycles. The third kappa shape index (κ3) is 17.8. The van der Waals surface area contributed by atoms with Crippen LogP contribution in [-0.2, 0) is 14.2 Å². The van der Waals surface area contributed by atoms with E-state index < -0.39 is 0 Å². The van der Waals surface area contributed by atoms with Crippen LogP contribution >= 0.6 is 0 Å². The highest BCUT2D eigenvalue weighted by Gasteiger charge is 2.09. The van der Waals surface area contributed by atoms with Crippen molar-refractivity contribution in [2.75, 3.05) is 46.1 Å². The quantitative estimate of drug-likeness (QED) is 0.622. The summed E-state index contributed by atoms with van der Waals surface area (Å²) in [4.78, 5) is 0. The van der Waals surface area contributed by atoms with Gasteiger partial charge in [0.15, 0.2) is 0 Å². The highest BCUT2D eigenvalue weighted by Crippen LogP contribution is 2.09. The maximum Gasteiger partial charge on any atom is 0.0707 e. The molecule has 4 heteroatoms. The molecule has 0 radical (unpaired) electrons. The van der Waals surface area contributed by atoms with Gasteiger partial charge in [0.25, 0.3) is 0 Å². The third-order valence-corrected chi connectivity index (χ3v) is 2.21. The van der Waals surface area contributed by atoms with Crippen LogP contribution in [0.3, 0.4) is 0 Å². The molecule has 0 rings (SSSR count). The molecule has 19 heavy (non-hydrogen) atoms. The number of ether oxygens (including phenoxy) is 3. The summed E-state index contributed by atoms with van der Waals surface area (Å²) in [5.74, 6) is 0. The van der Waals surface area contributed by atoms with E-state index >= 15 is 0 Å². The van der Waals surface area contributed by atoms with Gasteiger partial charge in [-0.1, -0.05) is 20.8 Å². The Morgan fingerprint density at radius 3 is 1.79 bits per heavy atom. The van der Waals surface area contributed by atoms with Crippen LogP contribution in [0.1, 0.15) is 41.5 Å². The Labute approximate surface area is 119 Å². The van der Waals surface area contributed by atoms with Crippen molar-refractivity contribution in [1.29, 1.82) is 0 Å². The Balaban J connectivity index is 3.12. The lowest BCUT2D eigenvalue weighted by Crippen LogP contribution is -2.29. The Kier molecular flexibility index (Phi) is 9.62. The molecule has 0 bridgehead atoms. The first-order chi connectivity index (χ1) is 8.71. The van der Waals surface area contributed by atoms with Crippen LogP contribution in [0.2, 0.25) is 0 Å². The highest BCUT2D eigenvalue weighted by molar-refractivity contribution is 4.64. The molecule has 1 N–H and O–H groups in total. The topological polar surface area (TPSA) is 39.7 Å². The van der Waals surface area contributed by atoms with Crippen molar-refractivity contribution < 1.29 is 14.2 Å². The molecule has 0 aliphatic heterocycles. The first-order valence-corrected chi connectivity index (χ1v) is 7.21. The van der Waals surface area contributed by atoms with E-state index in [1.165, 1.54) is 0 Å². The average molecular weight is 275 g/mol. The molecule has 0 saturated heterocycles. The van der Waals surface area contributed by atoms with E-state index in [2.05, 4.69) is 26.1 Å². The summed E-state index contributed by atoms with van der Waals surface area (Å²) >= 11 is 0. The molecule has 0 aliphatic rings. The van der Waals surface area contributed by atoms with Crippen molar-refractivity contribution >= 4 is 0 Å². The summed E-state index contributed by atoms with van der Waals surface area (Å²) in [6, 6.07) is 0. The first kappa shape index (κ1) is 18.8. The van der Waals surface area contributed by atoms with Gasteiger partial charge in [0.2, 0.25) is 0 Å². The second-order valence-electron chi connectivity index (χ2n) is 6.92. The Morgan fingerprint density at radius 1 is 0.737 bits per heavy atom. The van der Waals surface area contributed by atoms with E-state index in [4.69, 9.17) is 14.2 Å². The zero-order valence-corrected chi connectivity index (χ0v) is 13.7. The molecule has 116 valence electrons. The minimum absolute atomic E-state index is 0.0847. The summed E-state index contributed by atoms with van der Waals surface area (Å²) in [6.45, 7) is 18.0. The maximum absolute atomic E-state index is 5.55. The van der Waals surface area contributed by atoms with Gasteiger partial charge in [0.05, 0.1) is 38.6 Å². The molecule has 0 aromatic carbocycles. The van der Waals surface area contributed by atoms with Crippen LogP contribution in [0.15, 0.2) is 0 Å². The summed E-state index contributed by atoms with van der Waals surface area (Å²) in [7, 11) is 0. The van der Waals surface area contributed by atoms with Crippen molar-refractivity contribution in [3.05, 3.63) is 0 Å². The second-order valence-corrected chi connectivity index (χ2v) is 6.92. The highest BCUT2D eigenvalue weighted by atomic mass is 16.5. The van der Waals surface area contributed by atoms with Crippen molar-refractivity contribution in [2.45, 2.75) is 47.1 Å². The zero-order chi connectivity index (χ0) is 14.8. The zero-order valence-electron chi connectivity index (χ0n) is 13.7. The number of hydrogen-bond acceptors (Lipinski definition) is 4. The summed E-state index contributed by atoms with van der Waals surface area (Å²) in [5, 5.41) is 3.37. The van der Waals surface area contributed by atoms with Gasteiger partial charge in [0.1, 0.15) is 0 Å². The van der Waals surface area contributed by atoms with Crippen molar-refractivity contribution in [2.24, 2.45) is 5.41 Å². The molecule has 0 fully saturated rings. The van der Waals surface area contributed by atoms with Crippen molar-refractivity contribution in [3.63, 3.8) is 0 Å². The smallest absolute Gasteiger partial charge is 0.0707 e. The fourth-order valence-electron chi connectivity index (χ4n) is 1.34. The van der Waals surface area contributed by atoms with E-state index in [1.807, 2.05) is 20.8 Å². The Bertz CT molecular complexity index is 184. The molecule has 0 amide bonds. The fourth-order valence-corrected chi connectivity index (χ4v) is 1.34. The molecular formula is C15H33NO3. The molecule has 0 aromatic rings. The summed E-state index contributed by atoms with van der Waals surface area (Å²) < 4.78 is 16.4. The SMILES string of the molecule is CC(C)(C)CNCCOCCOCCOC(C)(C)C. The fraction of sp³-hybridized carbons (Fsp3) is 1.00. The van der Waals surface area contributed by atoms with E-state index in [0.717, 1.165) is 19.7 Å². The standard InChI is InChI=1S/C15H33NO3/c1-14(2,3)13-16-7-8-17-9-10-18-11-12-19-15(4,5)6/h16H,7-13H2,1-6H3. The number of hydrogen-bond donors (Lipinski definition) is 1. The first-order valence-electron chi connectivity index (χ1n) is 7.21. The van der Waals surface area contributed by atoms with Gasteiger partial charge in [-0.3, -0.25) is 0 Å². The lowest BCUT2D eigenvalue weighted by molar-refractivity contribution is -0.0423. The number of rotatable bonds is 10. The Hall–Kier alpha value is -0.160. The van der Waals surface area contributed by atoms with Gasteiger partial charge in [-0.05, 0) is 26.2 Å². The van der Waals surface area contributed by atoms with E-state index in [1.54, 1.807) is 0 Å². The molecule has 4 nitrogen and oxygen atoms in total. The third-order valence-electron chi connectivity index (χ3n) is 2.21. The predicted molar refractivity (Wildman–Crippen MR) is 79.7 cm³/mol. The van der Waals surface area contributed by atoms with Gasteiger partial charge < -0.3 is 19.5 Å². The molecular weight excluding hydrogens is 242 g/mol. The van der Waals surface area contributed by atoms with Gasteiger partial charge >= 0.3 is 0 Å². The molecule has 0 aromatic heterocycles. The van der Waals surface area contributed by atoms with Crippen LogP contribution in [-0.4, -0.2) is 51.7 Å². The van der Waals surface area contributed by atoms with Crippen LogP contribution in [0.5, 0.6) is 0 Å². The summed E-state index contributed by atoms with van der Waals surface area (Å²) in [6.07, 6.45) is 0. The van der Waals surface area contributed by atoms with Gasteiger partial charge in [-0.25, -0.2) is 0 Å². The largest absolute Gasteiger partial charge is 0.378 e. The number of nitrogens with one attached hydrogen (secondary N) is 1. The molecule has 0 unspecified atom stereocenters. The van der Waals surface area contributed by atoms with Gasteiger partial charge in [0, 0.05) is 13.1 Å². The monoisotopic (exact) mass is 275 g/mol. The van der Waals surface area contributed by atoms with Crippen LogP contribution in [0.25, 0.3) is 0 Å². The van der Waals surface area contributed by atoms with Crippen molar-refractivity contribution in [1.82, 2.24) is 5.32 Å². The summed E-state index contributed by atoms with van der Waals surface area (Å²) in [5.41, 5.74) is 0.245. The molecule has 0 heterocycles. The average Bonchev–Trinajstić information content (AvgIpc) is 2.22. The van der Waals surface area contributed by atoms with Crippen molar-refractivity contribution in [3.8, 4) is 0 Å².